The van der Waals surface area contributed by atoms with Gasteiger partial charge in [-0.2, -0.15) is 0 Å². The number of pyridine rings is 1. The van der Waals surface area contributed by atoms with Crippen molar-refractivity contribution in [1.82, 2.24) is 8.96 Å². The van der Waals surface area contributed by atoms with Crippen molar-refractivity contribution in [2.24, 2.45) is 0 Å². The zero-order chi connectivity index (χ0) is 15.6. The molecule has 0 radical (unpaired) electrons. The van der Waals surface area contributed by atoms with Crippen LogP contribution in [0.3, 0.4) is 0 Å². The van der Waals surface area contributed by atoms with Gasteiger partial charge in [0.05, 0.1) is 4.90 Å². The van der Waals surface area contributed by atoms with Crippen LogP contribution in [0.5, 0.6) is 0 Å². The van der Waals surface area contributed by atoms with Gasteiger partial charge in [0.1, 0.15) is 0 Å². The van der Waals surface area contributed by atoms with Crippen LogP contribution in [0.25, 0.3) is 0 Å². The van der Waals surface area contributed by atoms with Gasteiger partial charge in [0.15, 0.2) is 0 Å². The molecule has 3 rings (SSSR count). The summed E-state index contributed by atoms with van der Waals surface area (Å²) in [6.07, 6.45) is 3.75. The summed E-state index contributed by atoms with van der Waals surface area (Å²) >= 11 is 0. The molecule has 0 unspecified atom stereocenters. The smallest absolute Gasteiger partial charge is 0.261 e. The average Bonchev–Trinajstić information content (AvgIpc) is 2.98. The predicted molar refractivity (Wildman–Crippen MR) is 85.2 cm³/mol. The SMILES string of the molecule is Cc1ccc(S(=O)(=O)n2cccc2Cc2ccccn2)cc1. The van der Waals surface area contributed by atoms with Crippen LogP contribution >= 0.6 is 0 Å². The maximum Gasteiger partial charge on any atom is 0.267 e. The van der Waals surface area contributed by atoms with E-state index in [0.717, 1.165) is 11.3 Å². The number of aromatic nitrogens is 2. The lowest BCUT2D eigenvalue weighted by Crippen LogP contribution is -2.15. The van der Waals surface area contributed by atoms with E-state index in [1.165, 1.54) is 3.97 Å². The third-order valence-corrected chi connectivity index (χ3v) is 5.20. The van der Waals surface area contributed by atoms with Crippen molar-refractivity contribution >= 4 is 10.0 Å². The summed E-state index contributed by atoms with van der Waals surface area (Å²) in [7, 11) is -3.57. The van der Waals surface area contributed by atoms with Crippen molar-refractivity contribution in [3.63, 3.8) is 0 Å². The Morgan fingerprint density at radius 1 is 1.00 bits per heavy atom. The van der Waals surface area contributed by atoms with Crippen molar-refractivity contribution in [1.29, 1.82) is 0 Å². The molecular weight excluding hydrogens is 296 g/mol. The van der Waals surface area contributed by atoms with E-state index in [4.69, 9.17) is 0 Å². The fourth-order valence-corrected chi connectivity index (χ4v) is 3.66. The lowest BCUT2D eigenvalue weighted by atomic mass is 10.2. The van der Waals surface area contributed by atoms with Crippen LogP contribution in [0.2, 0.25) is 0 Å². The Kier molecular flexibility index (Phi) is 3.81. The van der Waals surface area contributed by atoms with Gasteiger partial charge in [0.2, 0.25) is 0 Å². The Bertz CT molecular complexity index is 867. The van der Waals surface area contributed by atoms with Crippen LogP contribution in [0, 0.1) is 6.92 Å². The molecule has 0 aliphatic carbocycles. The minimum Gasteiger partial charge on any atom is -0.261 e. The molecule has 0 atom stereocenters. The normalized spacial score (nSPS) is 11.5. The third-order valence-electron chi connectivity index (χ3n) is 3.46. The van der Waals surface area contributed by atoms with Crippen LogP contribution in [-0.4, -0.2) is 17.4 Å². The summed E-state index contributed by atoms with van der Waals surface area (Å²) in [5, 5.41) is 0. The second-order valence-corrected chi connectivity index (χ2v) is 6.93. The Labute approximate surface area is 130 Å². The first-order chi connectivity index (χ1) is 10.6. The minimum atomic E-state index is -3.57. The number of hydrogen-bond donors (Lipinski definition) is 0. The summed E-state index contributed by atoms with van der Waals surface area (Å²) < 4.78 is 26.8. The van der Waals surface area contributed by atoms with Gasteiger partial charge in [0, 0.05) is 30.2 Å². The zero-order valence-electron chi connectivity index (χ0n) is 12.2. The fraction of sp³-hybridized carbons (Fsp3) is 0.118. The van der Waals surface area contributed by atoms with Gasteiger partial charge in [-0.1, -0.05) is 23.8 Å². The highest BCUT2D eigenvalue weighted by atomic mass is 32.2. The van der Waals surface area contributed by atoms with Gasteiger partial charge in [-0.05, 0) is 43.3 Å². The molecule has 3 aromatic rings. The number of nitrogens with zero attached hydrogens (tertiary/aromatic N) is 2. The molecule has 4 nitrogen and oxygen atoms in total. The van der Waals surface area contributed by atoms with Crippen LogP contribution in [0.15, 0.2) is 71.9 Å². The molecule has 0 amide bonds. The molecule has 0 aliphatic rings. The maximum atomic E-state index is 12.8. The van der Waals surface area contributed by atoms with Gasteiger partial charge in [0.25, 0.3) is 10.0 Å². The number of benzene rings is 1. The summed E-state index contributed by atoms with van der Waals surface area (Å²) in [6.45, 7) is 1.93. The Hall–Kier alpha value is -2.40. The van der Waals surface area contributed by atoms with Crippen molar-refractivity contribution in [3.05, 3.63) is 83.9 Å². The van der Waals surface area contributed by atoms with Crippen molar-refractivity contribution in [3.8, 4) is 0 Å². The molecule has 0 saturated heterocycles. The Balaban J connectivity index is 1.99. The molecule has 0 saturated carbocycles. The van der Waals surface area contributed by atoms with Gasteiger partial charge < -0.3 is 0 Å². The molecule has 0 aliphatic heterocycles. The minimum absolute atomic E-state index is 0.288. The van der Waals surface area contributed by atoms with Crippen molar-refractivity contribution < 1.29 is 8.42 Å². The molecule has 0 spiro atoms. The van der Waals surface area contributed by atoms with E-state index in [2.05, 4.69) is 4.98 Å². The van der Waals surface area contributed by atoms with E-state index in [0.29, 0.717) is 12.1 Å². The molecule has 1 aromatic carbocycles. The van der Waals surface area contributed by atoms with Crippen LogP contribution < -0.4 is 0 Å². The largest absolute Gasteiger partial charge is 0.267 e. The first kappa shape index (κ1) is 14.5. The summed E-state index contributed by atoms with van der Waals surface area (Å²) in [6, 6.07) is 16.0. The van der Waals surface area contributed by atoms with E-state index in [1.807, 2.05) is 25.1 Å². The molecule has 2 heterocycles. The summed E-state index contributed by atoms with van der Waals surface area (Å²) in [4.78, 5) is 4.54. The lowest BCUT2D eigenvalue weighted by molar-refractivity contribution is 0.585. The Morgan fingerprint density at radius 2 is 1.77 bits per heavy atom. The van der Waals surface area contributed by atoms with Gasteiger partial charge in [-0.3, -0.25) is 4.98 Å². The standard InChI is InChI=1S/C17H16N2O2S/c1-14-7-9-17(10-8-14)22(20,21)19-12-4-6-16(19)13-15-5-2-3-11-18-15/h2-12H,13H2,1H3. The number of aryl methyl sites for hydroxylation is 1. The molecule has 0 fully saturated rings. The molecule has 0 bridgehead atoms. The highest BCUT2D eigenvalue weighted by Crippen LogP contribution is 2.18. The monoisotopic (exact) mass is 312 g/mol. The number of hydrogen-bond acceptors (Lipinski definition) is 3. The Morgan fingerprint density at radius 3 is 2.45 bits per heavy atom. The van der Waals surface area contributed by atoms with Crippen molar-refractivity contribution in [2.75, 3.05) is 0 Å². The molecular formula is C17H16N2O2S. The fourth-order valence-electron chi connectivity index (χ4n) is 2.28. The van der Waals surface area contributed by atoms with E-state index < -0.39 is 10.0 Å². The number of rotatable bonds is 4. The molecule has 112 valence electrons. The van der Waals surface area contributed by atoms with Crippen LogP contribution in [0.1, 0.15) is 17.0 Å². The zero-order valence-corrected chi connectivity index (χ0v) is 13.0. The topological polar surface area (TPSA) is 52.0 Å². The summed E-state index contributed by atoms with van der Waals surface area (Å²) in [5.74, 6) is 0. The van der Waals surface area contributed by atoms with E-state index in [-0.39, 0.29) is 4.90 Å². The second kappa shape index (κ2) is 5.77. The molecule has 0 N–H and O–H groups in total. The first-order valence-electron chi connectivity index (χ1n) is 6.96. The van der Waals surface area contributed by atoms with E-state index in [9.17, 15) is 8.42 Å². The van der Waals surface area contributed by atoms with Crippen LogP contribution in [0.4, 0.5) is 0 Å². The van der Waals surface area contributed by atoms with Gasteiger partial charge in [-0.15, -0.1) is 0 Å². The van der Waals surface area contributed by atoms with Gasteiger partial charge >= 0.3 is 0 Å². The summed E-state index contributed by atoms with van der Waals surface area (Å²) in [5.41, 5.74) is 2.56. The molecule has 5 heteroatoms. The highest BCUT2D eigenvalue weighted by Gasteiger charge is 2.19. The quantitative estimate of drug-likeness (QED) is 0.744. The van der Waals surface area contributed by atoms with Crippen molar-refractivity contribution in [2.45, 2.75) is 18.2 Å². The van der Waals surface area contributed by atoms with Crippen LogP contribution in [-0.2, 0) is 16.4 Å². The molecule has 2 aromatic heterocycles. The third kappa shape index (κ3) is 2.80. The first-order valence-corrected chi connectivity index (χ1v) is 8.40. The maximum absolute atomic E-state index is 12.8. The van der Waals surface area contributed by atoms with Gasteiger partial charge in [-0.25, -0.2) is 12.4 Å². The highest BCUT2D eigenvalue weighted by molar-refractivity contribution is 7.90. The lowest BCUT2D eigenvalue weighted by Gasteiger charge is -2.10. The second-order valence-electron chi connectivity index (χ2n) is 5.11. The average molecular weight is 312 g/mol. The predicted octanol–water partition coefficient (Wildman–Crippen LogP) is 3.02. The molecule has 22 heavy (non-hydrogen) atoms. The van der Waals surface area contributed by atoms with E-state index in [1.54, 1.807) is 48.8 Å². The van der Waals surface area contributed by atoms with E-state index >= 15 is 0 Å².